The number of nitrogens with one attached hydrogen (secondary N) is 1. The monoisotopic (exact) mass is 262 g/mol. The van der Waals surface area contributed by atoms with Crippen LogP contribution in [0.1, 0.15) is 22.3 Å². The van der Waals surface area contributed by atoms with Crippen LogP contribution in [0.3, 0.4) is 0 Å². The second kappa shape index (κ2) is 7.26. The Bertz CT molecular complexity index is 414. The fourth-order valence-electron chi connectivity index (χ4n) is 2.25. The van der Waals surface area contributed by atoms with Crippen LogP contribution in [0.25, 0.3) is 0 Å². The number of amides is 1. The summed E-state index contributed by atoms with van der Waals surface area (Å²) in [7, 11) is 0. The van der Waals surface area contributed by atoms with Crippen molar-refractivity contribution in [2.75, 3.05) is 39.4 Å². The Hall–Kier alpha value is -1.39. The third-order valence-electron chi connectivity index (χ3n) is 3.43. The quantitative estimate of drug-likeness (QED) is 0.817. The molecule has 0 aliphatic carbocycles. The first kappa shape index (κ1) is 14.0. The molecule has 19 heavy (non-hydrogen) atoms. The fourth-order valence-corrected chi connectivity index (χ4v) is 2.25. The molecule has 0 radical (unpaired) electrons. The summed E-state index contributed by atoms with van der Waals surface area (Å²) in [5.74, 6) is 0.0278. The summed E-state index contributed by atoms with van der Waals surface area (Å²) in [5.41, 5.74) is 1.79. The SMILES string of the molecule is Cc1ccccc1C(=O)NCCCN1CCOCC1. The average molecular weight is 262 g/mol. The summed E-state index contributed by atoms with van der Waals surface area (Å²) >= 11 is 0. The largest absolute Gasteiger partial charge is 0.379 e. The van der Waals surface area contributed by atoms with E-state index in [2.05, 4.69) is 10.2 Å². The van der Waals surface area contributed by atoms with Crippen molar-refractivity contribution >= 4 is 5.91 Å². The van der Waals surface area contributed by atoms with Gasteiger partial charge in [-0.1, -0.05) is 18.2 Å². The van der Waals surface area contributed by atoms with Crippen LogP contribution < -0.4 is 5.32 Å². The van der Waals surface area contributed by atoms with Gasteiger partial charge in [-0.05, 0) is 31.5 Å². The molecule has 0 saturated carbocycles. The normalized spacial score (nSPS) is 16.3. The number of aryl methyl sites for hydroxylation is 1. The topological polar surface area (TPSA) is 41.6 Å². The lowest BCUT2D eigenvalue weighted by molar-refractivity contribution is 0.0374. The molecule has 1 aliphatic rings. The highest BCUT2D eigenvalue weighted by Gasteiger charge is 2.10. The van der Waals surface area contributed by atoms with Crippen molar-refractivity contribution < 1.29 is 9.53 Å². The van der Waals surface area contributed by atoms with Crippen molar-refractivity contribution in [3.05, 3.63) is 35.4 Å². The van der Waals surface area contributed by atoms with Crippen molar-refractivity contribution in [2.45, 2.75) is 13.3 Å². The van der Waals surface area contributed by atoms with Gasteiger partial charge in [0.05, 0.1) is 13.2 Å². The van der Waals surface area contributed by atoms with Gasteiger partial charge in [0.15, 0.2) is 0 Å². The van der Waals surface area contributed by atoms with Gasteiger partial charge in [0.2, 0.25) is 0 Å². The molecule has 1 saturated heterocycles. The van der Waals surface area contributed by atoms with Gasteiger partial charge in [-0.2, -0.15) is 0 Å². The summed E-state index contributed by atoms with van der Waals surface area (Å²) in [6, 6.07) is 7.68. The van der Waals surface area contributed by atoms with Crippen LogP contribution in [0.15, 0.2) is 24.3 Å². The fraction of sp³-hybridized carbons (Fsp3) is 0.533. The van der Waals surface area contributed by atoms with Crippen molar-refractivity contribution in [3.8, 4) is 0 Å². The van der Waals surface area contributed by atoms with Crippen molar-refractivity contribution in [3.63, 3.8) is 0 Å². The Morgan fingerprint density at radius 3 is 2.79 bits per heavy atom. The van der Waals surface area contributed by atoms with Crippen LogP contribution in [0.5, 0.6) is 0 Å². The van der Waals surface area contributed by atoms with E-state index in [1.54, 1.807) is 0 Å². The second-order valence-electron chi connectivity index (χ2n) is 4.88. The molecule has 1 N–H and O–H groups in total. The number of hydrogen-bond acceptors (Lipinski definition) is 3. The number of nitrogens with zero attached hydrogens (tertiary/aromatic N) is 1. The first-order valence-corrected chi connectivity index (χ1v) is 6.91. The van der Waals surface area contributed by atoms with Crippen LogP contribution >= 0.6 is 0 Å². The number of morpholine rings is 1. The Balaban J connectivity index is 1.68. The summed E-state index contributed by atoms with van der Waals surface area (Å²) in [6.07, 6.45) is 0.984. The lowest BCUT2D eigenvalue weighted by atomic mass is 10.1. The highest BCUT2D eigenvalue weighted by atomic mass is 16.5. The summed E-state index contributed by atoms with van der Waals surface area (Å²) in [5, 5.41) is 2.98. The lowest BCUT2D eigenvalue weighted by Crippen LogP contribution is -2.38. The molecule has 0 spiro atoms. The van der Waals surface area contributed by atoms with E-state index in [0.717, 1.165) is 56.9 Å². The minimum absolute atomic E-state index is 0.0278. The number of ether oxygens (including phenoxy) is 1. The molecule has 4 heteroatoms. The van der Waals surface area contributed by atoms with E-state index < -0.39 is 0 Å². The number of rotatable bonds is 5. The maximum atomic E-state index is 12.0. The predicted molar refractivity (Wildman–Crippen MR) is 75.4 cm³/mol. The highest BCUT2D eigenvalue weighted by Crippen LogP contribution is 2.06. The molecule has 0 unspecified atom stereocenters. The minimum Gasteiger partial charge on any atom is -0.379 e. The van der Waals surface area contributed by atoms with Gasteiger partial charge < -0.3 is 10.1 Å². The molecule has 0 atom stereocenters. The first-order valence-electron chi connectivity index (χ1n) is 6.91. The molecule has 1 aromatic rings. The summed E-state index contributed by atoms with van der Waals surface area (Å²) in [6.45, 7) is 7.38. The number of hydrogen-bond donors (Lipinski definition) is 1. The first-order chi connectivity index (χ1) is 9.27. The molecule has 104 valence electrons. The van der Waals surface area contributed by atoms with Crippen LogP contribution in [-0.4, -0.2) is 50.2 Å². The van der Waals surface area contributed by atoms with Crippen molar-refractivity contribution in [1.82, 2.24) is 10.2 Å². The zero-order valence-corrected chi connectivity index (χ0v) is 11.5. The van der Waals surface area contributed by atoms with E-state index in [4.69, 9.17) is 4.74 Å². The zero-order chi connectivity index (χ0) is 13.5. The zero-order valence-electron chi connectivity index (χ0n) is 11.5. The molecule has 1 aliphatic heterocycles. The van der Waals surface area contributed by atoms with Gasteiger partial charge in [0, 0.05) is 25.2 Å². The third-order valence-corrected chi connectivity index (χ3v) is 3.43. The van der Waals surface area contributed by atoms with Gasteiger partial charge in [0.25, 0.3) is 5.91 Å². The maximum absolute atomic E-state index is 12.0. The molecule has 1 fully saturated rings. The average Bonchev–Trinajstić information content (AvgIpc) is 2.45. The highest BCUT2D eigenvalue weighted by molar-refractivity contribution is 5.95. The van der Waals surface area contributed by atoms with E-state index >= 15 is 0 Å². The maximum Gasteiger partial charge on any atom is 0.251 e. The molecule has 4 nitrogen and oxygen atoms in total. The number of benzene rings is 1. The summed E-state index contributed by atoms with van der Waals surface area (Å²) < 4.78 is 5.30. The van der Waals surface area contributed by atoms with E-state index in [-0.39, 0.29) is 5.91 Å². The molecular weight excluding hydrogens is 240 g/mol. The molecule has 1 amide bonds. The Morgan fingerprint density at radius 2 is 2.05 bits per heavy atom. The van der Waals surface area contributed by atoms with E-state index in [9.17, 15) is 4.79 Å². The Kier molecular flexibility index (Phi) is 5.36. The van der Waals surface area contributed by atoms with E-state index in [0.29, 0.717) is 0 Å². The molecule has 1 heterocycles. The Labute approximate surface area is 114 Å². The van der Waals surface area contributed by atoms with Crippen LogP contribution in [0, 0.1) is 6.92 Å². The van der Waals surface area contributed by atoms with Crippen LogP contribution in [-0.2, 0) is 4.74 Å². The second-order valence-corrected chi connectivity index (χ2v) is 4.88. The number of carbonyl (C=O) groups excluding carboxylic acids is 1. The molecule has 1 aromatic carbocycles. The van der Waals surface area contributed by atoms with Gasteiger partial charge in [-0.15, -0.1) is 0 Å². The number of carbonyl (C=O) groups is 1. The summed E-state index contributed by atoms with van der Waals surface area (Å²) in [4.78, 5) is 14.4. The van der Waals surface area contributed by atoms with E-state index in [1.165, 1.54) is 0 Å². The molecular formula is C15H22N2O2. The molecule has 0 aromatic heterocycles. The minimum atomic E-state index is 0.0278. The molecule has 2 rings (SSSR count). The van der Waals surface area contributed by atoms with Crippen LogP contribution in [0.2, 0.25) is 0 Å². The van der Waals surface area contributed by atoms with Crippen molar-refractivity contribution in [1.29, 1.82) is 0 Å². The van der Waals surface area contributed by atoms with Crippen LogP contribution in [0.4, 0.5) is 0 Å². The third kappa shape index (κ3) is 4.33. The standard InChI is InChI=1S/C15H22N2O2/c1-13-5-2-3-6-14(13)15(18)16-7-4-8-17-9-11-19-12-10-17/h2-3,5-6H,4,7-12H2,1H3,(H,16,18). The smallest absolute Gasteiger partial charge is 0.251 e. The van der Waals surface area contributed by atoms with Gasteiger partial charge in [0.1, 0.15) is 0 Å². The van der Waals surface area contributed by atoms with Crippen molar-refractivity contribution in [2.24, 2.45) is 0 Å². The Morgan fingerprint density at radius 1 is 1.32 bits per heavy atom. The molecule has 0 bridgehead atoms. The lowest BCUT2D eigenvalue weighted by Gasteiger charge is -2.26. The van der Waals surface area contributed by atoms with Gasteiger partial charge in [-0.25, -0.2) is 0 Å². The van der Waals surface area contributed by atoms with Gasteiger partial charge >= 0.3 is 0 Å². The predicted octanol–water partition coefficient (Wildman–Crippen LogP) is 1.45. The van der Waals surface area contributed by atoms with Gasteiger partial charge in [-0.3, -0.25) is 9.69 Å². The van der Waals surface area contributed by atoms with E-state index in [1.807, 2.05) is 31.2 Å².